The second kappa shape index (κ2) is 3.89. The van der Waals surface area contributed by atoms with Gasteiger partial charge < -0.3 is 5.73 Å². The van der Waals surface area contributed by atoms with Gasteiger partial charge in [-0.25, -0.2) is 0 Å². The number of carbonyl (C=O) groups excluding carboxylic acids is 2. The number of amides is 2. The van der Waals surface area contributed by atoms with Gasteiger partial charge in [-0.05, 0) is 6.92 Å². The van der Waals surface area contributed by atoms with Crippen LogP contribution in [-0.2, 0) is 9.59 Å². The third-order valence-corrected chi connectivity index (χ3v) is 2.76. The molecule has 1 rings (SSSR count). The number of nitrogens with zero attached hydrogens (tertiary/aromatic N) is 1. The van der Waals surface area contributed by atoms with Gasteiger partial charge in [-0.3, -0.25) is 14.5 Å². The Morgan fingerprint density at radius 3 is 2.47 bits per heavy atom. The minimum Gasteiger partial charge on any atom is -0.393 e. The normalized spacial score (nSPS) is 21.9. The summed E-state index contributed by atoms with van der Waals surface area (Å²) in [7, 11) is 0. The molecule has 0 radical (unpaired) electrons. The van der Waals surface area contributed by atoms with Crippen LogP contribution in [0.3, 0.4) is 0 Å². The molecule has 1 heterocycles. The summed E-state index contributed by atoms with van der Waals surface area (Å²) in [6.07, 6.45) is 0.663. The van der Waals surface area contributed by atoms with Crippen molar-refractivity contribution in [2.24, 2.45) is 11.1 Å². The van der Waals surface area contributed by atoms with E-state index in [0.29, 0.717) is 11.4 Å². The number of hydrogen-bond acceptors (Lipinski definition) is 3. The van der Waals surface area contributed by atoms with E-state index < -0.39 is 5.41 Å². The van der Waals surface area contributed by atoms with E-state index in [1.165, 1.54) is 4.90 Å². The molecule has 0 aromatic heterocycles. The Hall–Kier alpha value is -0.970. The first-order valence-electron chi connectivity index (χ1n) is 4.90. The Balaban J connectivity index is 2.83. The molecule has 0 aromatic carbocycles. The highest BCUT2D eigenvalue weighted by molar-refractivity contribution is 7.80. The van der Waals surface area contributed by atoms with Crippen LogP contribution in [-0.4, -0.2) is 27.7 Å². The fraction of sp³-hybridized carbons (Fsp3) is 0.700. The van der Waals surface area contributed by atoms with Crippen LogP contribution >= 0.6 is 12.2 Å². The minimum atomic E-state index is -0.582. The number of nitrogens with two attached hydrogens (primary N) is 1. The van der Waals surface area contributed by atoms with Crippen molar-refractivity contribution in [1.82, 2.24) is 4.90 Å². The Morgan fingerprint density at radius 2 is 2.13 bits per heavy atom. The molecule has 84 valence electrons. The number of hydrogen-bond donors (Lipinski definition) is 1. The maximum atomic E-state index is 11.9. The number of imide groups is 1. The summed E-state index contributed by atoms with van der Waals surface area (Å²) in [6.45, 7) is 5.35. The average molecular weight is 228 g/mol. The lowest BCUT2D eigenvalue weighted by atomic mass is 9.92. The maximum Gasteiger partial charge on any atom is 0.235 e. The van der Waals surface area contributed by atoms with Gasteiger partial charge in [-0.15, -0.1) is 0 Å². The lowest BCUT2D eigenvalue weighted by molar-refractivity contribution is -0.142. The highest BCUT2D eigenvalue weighted by atomic mass is 32.1. The molecule has 0 aromatic rings. The van der Waals surface area contributed by atoms with Crippen LogP contribution in [0.25, 0.3) is 0 Å². The smallest absolute Gasteiger partial charge is 0.235 e. The van der Waals surface area contributed by atoms with Gasteiger partial charge in [0.05, 0.1) is 10.4 Å². The molecular weight excluding hydrogens is 212 g/mol. The molecule has 5 heteroatoms. The summed E-state index contributed by atoms with van der Waals surface area (Å²) < 4.78 is 0. The quantitative estimate of drug-likeness (QED) is 0.574. The molecule has 0 aliphatic carbocycles. The molecule has 1 unspecified atom stereocenters. The molecule has 1 aliphatic rings. The summed E-state index contributed by atoms with van der Waals surface area (Å²) in [6, 6.07) is -0.232. The fourth-order valence-corrected chi connectivity index (χ4v) is 2.05. The maximum absolute atomic E-state index is 11.9. The van der Waals surface area contributed by atoms with E-state index in [1.54, 1.807) is 20.8 Å². The van der Waals surface area contributed by atoms with E-state index in [1.807, 2.05) is 0 Å². The minimum absolute atomic E-state index is 0.128. The monoisotopic (exact) mass is 228 g/mol. The van der Waals surface area contributed by atoms with E-state index in [4.69, 9.17) is 18.0 Å². The van der Waals surface area contributed by atoms with Crippen LogP contribution in [0.1, 0.15) is 33.6 Å². The summed E-state index contributed by atoms with van der Waals surface area (Å²) in [5.74, 6) is -0.259. The summed E-state index contributed by atoms with van der Waals surface area (Å²) in [5, 5.41) is 0. The number of thiocarbonyl (C=S) groups is 1. The zero-order chi connectivity index (χ0) is 11.8. The van der Waals surface area contributed by atoms with Crippen molar-refractivity contribution in [2.75, 3.05) is 0 Å². The number of rotatable bonds is 3. The first-order valence-corrected chi connectivity index (χ1v) is 5.31. The van der Waals surface area contributed by atoms with Gasteiger partial charge in [0.1, 0.15) is 0 Å². The molecular formula is C10H16N2O2S. The van der Waals surface area contributed by atoms with Crippen molar-refractivity contribution in [2.45, 2.75) is 39.7 Å². The highest BCUT2D eigenvalue weighted by Crippen LogP contribution is 2.33. The lowest BCUT2D eigenvalue weighted by Crippen LogP contribution is -2.41. The third-order valence-electron chi connectivity index (χ3n) is 2.60. The van der Waals surface area contributed by atoms with Crippen LogP contribution in [0.4, 0.5) is 0 Å². The molecule has 15 heavy (non-hydrogen) atoms. The van der Waals surface area contributed by atoms with Crippen molar-refractivity contribution in [3.05, 3.63) is 0 Å². The molecule has 2 N–H and O–H groups in total. The van der Waals surface area contributed by atoms with Gasteiger partial charge in [0.15, 0.2) is 0 Å². The van der Waals surface area contributed by atoms with Crippen LogP contribution in [0.2, 0.25) is 0 Å². The van der Waals surface area contributed by atoms with E-state index in [9.17, 15) is 9.59 Å². The predicted molar refractivity (Wildman–Crippen MR) is 61.1 cm³/mol. The van der Waals surface area contributed by atoms with E-state index >= 15 is 0 Å². The molecule has 2 amide bonds. The Morgan fingerprint density at radius 1 is 1.60 bits per heavy atom. The zero-order valence-electron chi connectivity index (χ0n) is 9.24. The number of carbonyl (C=O) groups is 2. The first-order chi connectivity index (χ1) is 6.75. The Labute approximate surface area is 94.8 Å². The molecule has 1 aliphatic heterocycles. The van der Waals surface area contributed by atoms with Gasteiger partial charge in [-0.2, -0.15) is 0 Å². The standard InChI is InChI=1S/C10H16N2O2S/c1-6(4-7(11)15)12-8(13)5-10(2,3)9(12)14/h6H,4-5H2,1-3H3,(H2,11,15). The Kier molecular flexibility index (Phi) is 3.13. The van der Waals surface area contributed by atoms with Gasteiger partial charge in [0.2, 0.25) is 11.8 Å². The molecule has 0 saturated carbocycles. The van der Waals surface area contributed by atoms with Crippen LogP contribution in [0.15, 0.2) is 0 Å². The van der Waals surface area contributed by atoms with Crippen molar-refractivity contribution in [1.29, 1.82) is 0 Å². The largest absolute Gasteiger partial charge is 0.393 e. The zero-order valence-corrected chi connectivity index (χ0v) is 10.1. The lowest BCUT2D eigenvalue weighted by Gasteiger charge is -2.24. The summed E-state index contributed by atoms with van der Waals surface area (Å²) in [4.78, 5) is 25.1. The van der Waals surface area contributed by atoms with E-state index in [0.717, 1.165) is 0 Å². The van der Waals surface area contributed by atoms with Crippen LogP contribution < -0.4 is 5.73 Å². The van der Waals surface area contributed by atoms with E-state index in [-0.39, 0.29) is 24.3 Å². The molecule has 1 fully saturated rings. The fourth-order valence-electron chi connectivity index (χ4n) is 1.81. The van der Waals surface area contributed by atoms with Gasteiger partial charge in [0.25, 0.3) is 0 Å². The molecule has 1 atom stereocenters. The summed E-state index contributed by atoms with van der Waals surface area (Å²) in [5.41, 5.74) is 4.82. The van der Waals surface area contributed by atoms with Crippen molar-refractivity contribution in [3.8, 4) is 0 Å². The molecule has 4 nitrogen and oxygen atoms in total. The van der Waals surface area contributed by atoms with Gasteiger partial charge in [-0.1, -0.05) is 26.1 Å². The van der Waals surface area contributed by atoms with Crippen molar-refractivity contribution < 1.29 is 9.59 Å². The molecule has 0 spiro atoms. The molecule has 1 saturated heterocycles. The second-order valence-electron chi connectivity index (χ2n) is 4.65. The highest BCUT2D eigenvalue weighted by Gasteiger charge is 2.46. The summed E-state index contributed by atoms with van der Waals surface area (Å²) >= 11 is 4.77. The second-order valence-corrected chi connectivity index (χ2v) is 5.17. The van der Waals surface area contributed by atoms with Gasteiger partial charge in [0, 0.05) is 18.9 Å². The topological polar surface area (TPSA) is 63.4 Å². The van der Waals surface area contributed by atoms with Crippen LogP contribution in [0.5, 0.6) is 0 Å². The van der Waals surface area contributed by atoms with Crippen molar-refractivity contribution >= 4 is 29.0 Å². The molecule has 0 bridgehead atoms. The van der Waals surface area contributed by atoms with Crippen molar-refractivity contribution in [3.63, 3.8) is 0 Å². The average Bonchev–Trinajstić information content (AvgIpc) is 2.19. The SMILES string of the molecule is CC(CC(N)=S)N1C(=O)CC(C)(C)C1=O. The van der Waals surface area contributed by atoms with Gasteiger partial charge >= 0.3 is 0 Å². The van der Waals surface area contributed by atoms with Crippen LogP contribution in [0, 0.1) is 5.41 Å². The number of likely N-dealkylation sites (tertiary alicyclic amines) is 1. The predicted octanol–water partition coefficient (Wildman–Crippen LogP) is 0.836. The first kappa shape index (κ1) is 12.1. The Bertz CT molecular complexity index is 325. The third kappa shape index (κ3) is 2.34. The van der Waals surface area contributed by atoms with E-state index in [2.05, 4.69) is 0 Å².